The number of para-hydroxylation sites is 1. The molecule has 154 valence electrons. The van der Waals surface area contributed by atoms with Gasteiger partial charge in [-0.1, -0.05) is 17.3 Å². The number of carbonyl (C=O) groups excluding carboxylic acids is 1. The van der Waals surface area contributed by atoms with Gasteiger partial charge in [0.05, 0.1) is 17.5 Å². The molecule has 0 aliphatic carbocycles. The Hall–Kier alpha value is -3.53. The number of hydrogen-bond acceptors (Lipinski definition) is 7. The normalized spacial score (nSPS) is 10.9. The molecule has 0 aliphatic rings. The lowest BCUT2D eigenvalue weighted by Crippen LogP contribution is -2.15. The van der Waals surface area contributed by atoms with Crippen molar-refractivity contribution in [2.45, 2.75) is 20.5 Å². The second-order valence-electron chi connectivity index (χ2n) is 6.54. The van der Waals surface area contributed by atoms with E-state index in [1.165, 1.54) is 23.5 Å². The van der Waals surface area contributed by atoms with Crippen molar-refractivity contribution in [1.29, 1.82) is 0 Å². The first-order valence-corrected chi connectivity index (χ1v) is 9.90. The van der Waals surface area contributed by atoms with Crippen LogP contribution in [0.1, 0.15) is 27.5 Å². The van der Waals surface area contributed by atoms with Crippen molar-refractivity contribution >= 4 is 22.4 Å². The molecule has 0 radical (unpaired) electrons. The summed E-state index contributed by atoms with van der Waals surface area (Å²) in [7, 11) is 1.85. The van der Waals surface area contributed by atoms with Crippen LogP contribution in [0, 0.1) is 19.7 Å². The lowest BCUT2D eigenvalue weighted by atomic mass is 10.2. The lowest BCUT2D eigenvalue weighted by molar-refractivity contribution is 0.101. The summed E-state index contributed by atoms with van der Waals surface area (Å²) in [6, 6.07) is 6.04. The molecule has 1 N–H and O–H groups in total. The van der Waals surface area contributed by atoms with Crippen LogP contribution in [0.15, 0.2) is 40.4 Å². The van der Waals surface area contributed by atoms with Gasteiger partial charge < -0.3 is 9.26 Å². The van der Waals surface area contributed by atoms with Gasteiger partial charge in [-0.2, -0.15) is 5.10 Å². The highest BCUT2D eigenvalue weighted by Gasteiger charge is 2.22. The fraction of sp³-hybridized carbons (Fsp3) is 0.200. The molecule has 1 amide bonds. The molecular formula is C20H18FN5O3S. The number of nitrogens with one attached hydrogen (secondary N) is 1. The van der Waals surface area contributed by atoms with Crippen molar-refractivity contribution in [3.8, 4) is 17.0 Å². The van der Waals surface area contributed by atoms with Gasteiger partial charge in [0, 0.05) is 23.7 Å². The minimum Gasteiger partial charge on any atom is -0.486 e. The first kappa shape index (κ1) is 19.8. The van der Waals surface area contributed by atoms with Gasteiger partial charge in [0.1, 0.15) is 12.4 Å². The van der Waals surface area contributed by atoms with Gasteiger partial charge in [-0.3, -0.25) is 14.8 Å². The molecule has 0 saturated heterocycles. The van der Waals surface area contributed by atoms with Gasteiger partial charge in [-0.15, -0.1) is 11.3 Å². The summed E-state index contributed by atoms with van der Waals surface area (Å²) in [5, 5.41) is 13.0. The molecule has 0 aliphatic heterocycles. The van der Waals surface area contributed by atoms with Crippen LogP contribution in [-0.2, 0) is 13.7 Å². The average molecular weight is 427 g/mol. The maximum absolute atomic E-state index is 13.8. The second kappa shape index (κ2) is 8.07. The van der Waals surface area contributed by atoms with E-state index in [0.29, 0.717) is 16.5 Å². The fourth-order valence-corrected chi connectivity index (χ4v) is 3.52. The predicted octanol–water partition coefficient (Wildman–Crippen LogP) is 4.12. The zero-order chi connectivity index (χ0) is 21.3. The molecule has 0 unspecified atom stereocenters. The summed E-state index contributed by atoms with van der Waals surface area (Å²) in [5.41, 5.74) is 3.09. The van der Waals surface area contributed by atoms with E-state index in [4.69, 9.17) is 9.26 Å². The molecule has 0 atom stereocenters. The molecule has 30 heavy (non-hydrogen) atoms. The SMILES string of the molecule is Cc1onc(C(=O)Nc2nc(-c3cnn(C)c3C)cs2)c1COc1ccccc1F. The van der Waals surface area contributed by atoms with Crippen LogP contribution < -0.4 is 10.1 Å². The minimum atomic E-state index is -0.487. The molecule has 4 aromatic rings. The monoisotopic (exact) mass is 427 g/mol. The summed E-state index contributed by atoms with van der Waals surface area (Å²) in [6.07, 6.45) is 1.73. The molecular weight excluding hydrogens is 409 g/mol. The molecule has 3 heterocycles. The zero-order valence-electron chi connectivity index (χ0n) is 16.5. The lowest BCUT2D eigenvalue weighted by Gasteiger charge is -2.07. The van der Waals surface area contributed by atoms with E-state index < -0.39 is 11.7 Å². The summed E-state index contributed by atoms with van der Waals surface area (Å²) >= 11 is 1.29. The number of halogens is 1. The highest BCUT2D eigenvalue weighted by atomic mass is 32.1. The van der Waals surface area contributed by atoms with Gasteiger partial charge in [0.15, 0.2) is 22.4 Å². The maximum atomic E-state index is 13.8. The highest BCUT2D eigenvalue weighted by molar-refractivity contribution is 7.14. The standard InChI is InChI=1S/C20H18FN5O3S/c1-11-13(8-22-26(11)3)16-10-30-20(23-16)24-19(27)18-14(12(2)29-25-18)9-28-17-7-5-4-6-15(17)21/h4-8,10H,9H2,1-3H3,(H,23,24,27). The molecule has 0 saturated carbocycles. The number of anilines is 1. The van der Waals surface area contributed by atoms with Crippen molar-refractivity contribution in [2.24, 2.45) is 7.05 Å². The average Bonchev–Trinajstić information content (AvgIpc) is 3.42. The number of benzene rings is 1. The smallest absolute Gasteiger partial charge is 0.280 e. The van der Waals surface area contributed by atoms with Crippen molar-refractivity contribution in [3.05, 3.63) is 64.4 Å². The summed E-state index contributed by atoms with van der Waals surface area (Å²) in [6.45, 7) is 3.55. The van der Waals surface area contributed by atoms with E-state index in [9.17, 15) is 9.18 Å². The minimum absolute atomic E-state index is 0.0585. The predicted molar refractivity (Wildman–Crippen MR) is 109 cm³/mol. The Morgan fingerprint density at radius 2 is 2.13 bits per heavy atom. The highest BCUT2D eigenvalue weighted by Crippen LogP contribution is 2.28. The molecule has 3 aromatic heterocycles. The first-order chi connectivity index (χ1) is 14.4. The van der Waals surface area contributed by atoms with Crippen molar-refractivity contribution < 1.29 is 18.4 Å². The van der Waals surface area contributed by atoms with Gasteiger partial charge in [-0.25, -0.2) is 9.37 Å². The van der Waals surface area contributed by atoms with Crippen molar-refractivity contribution in [2.75, 3.05) is 5.32 Å². The number of ether oxygens (including phenoxy) is 1. The van der Waals surface area contributed by atoms with Crippen LogP contribution in [0.4, 0.5) is 9.52 Å². The van der Waals surface area contributed by atoms with Gasteiger partial charge >= 0.3 is 0 Å². The third kappa shape index (κ3) is 3.81. The molecule has 0 fully saturated rings. The van der Waals surface area contributed by atoms with Gasteiger partial charge in [-0.05, 0) is 26.0 Å². The van der Waals surface area contributed by atoms with Crippen LogP contribution in [0.25, 0.3) is 11.3 Å². The Bertz CT molecular complexity index is 1210. The van der Waals surface area contributed by atoms with E-state index in [1.54, 1.807) is 29.9 Å². The van der Waals surface area contributed by atoms with Gasteiger partial charge in [0.2, 0.25) is 0 Å². The van der Waals surface area contributed by atoms with Crippen LogP contribution in [0.5, 0.6) is 5.75 Å². The summed E-state index contributed by atoms with van der Waals surface area (Å²) < 4.78 is 26.2. The zero-order valence-corrected chi connectivity index (χ0v) is 17.3. The van der Waals surface area contributed by atoms with E-state index in [2.05, 4.69) is 20.6 Å². The van der Waals surface area contributed by atoms with Crippen LogP contribution in [-0.4, -0.2) is 25.8 Å². The Morgan fingerprint density at radius 3 is 2.87 bits per heavy atom. The number of aromatic nitrogens is 4. The Labute approximate surface area is 175 Å². The molecule has 0 spiro atoms. The van der Waals surface area contributed by atoms with Crippen molar-refractivity contribution in [1.82, 2.24) is 19.9 Å². The Balaban J connectivity index is 1.49. The summed E-state index contributed by atoms with van der Waals surface area (Å²) in [5.74, 6) is -0.468. The third-order valence-corrected chi connectivity index (χ3v) is 5.40. The molecule has 10 heteroatoms. The van der Waals surface area contributed by atoms with Crippen molar-refractivity contribution in [3.63, 3.8) is 0 Å². The molecule has 8 nitrogen and oxygen atoms in total. The van der Waals surface area contributed by atoms with Crippen LogP contribution in [0.3, 0.4) is 0 Å². The number of aryl methyl sites for hydroxylation is 2. The number of nitrogens with zero attached hydrogens (tertiary/aromatic N) is 4. The largest absolute Gasteiger partial charge is 0.486 e. The molecule has 4 rings (SSSR count). The van der Waals surface area contributed by atoms with E-state index in [1.807, 2.05) is 19.4 Å². The Kier molecular flexibility index (Phi) is 5.32. The van der Waals surface area contributed by atoms with Crippen LogP contribution >= 0.6 is 11.3 Å². The second-order valence-corrected chi connectivity index (χ2v) is 7.40. The Morgan fingerprint density at radius 1 is 1.33 bits per heavy atom. The summed E-state index contributed by atoms with van der Waals surface area (Å²) in [4.78, 5) is 17.2. The molecule has 0 bridgehead atoms. The van der Waals surface area contributed by atoms with E-state index in [0.717, 1.165) is 17.0 Å². The topological polar surface area (TPSA) is 95.1 Å². The molecule has 1 aromatic carbocycles. The number of hydrogen-bond donors (Lipinski definition) is 1. The van der Waals surface area contributed by atoms with E-state index in [-0.39, 0.29) is 18.1 Å². The first-order valence-electron chi connectivity index (χ1n) is 9.02. The van der Waals surface area contributed by atoms with E-state index >= 15 is 0 Å². The quantitative estimate of drug-likeness (QED) is 0.497. The number of thiazole rings is 1. The third-order valence-electron chi connectivity index (χ3n) is 4.64. The number of carbonyl (C=O) groups is 1. The van der Waals surface area contributed by atoms with Crippen LogP contribution in [0.2, 0.25) is 0 Å². The van der Waals surface area contributed by atoms with Gasteiger partial charge in [0.25, 0.3) is 5.91 Å². The number of rotatable bonds is 6. The number of amides is 1. The fourth-order valence-electron chi connectivity index (χ4n) is 2.81. The maximum Gasteiger partial charge on any atom is 0.280 e.